The van der Waals surface area contributed by atoms with Crippen LogP contribution in [0.1, 0.15) is 25.5 Å². The first-order chi connectivity index (χ1) is 11.7. The van der Waals surface area contributed by atoms with Gasteiger partial charge in [-0.25, -0.2) is 9.97 Å². The van der Waals surface area contributed by atoms with Gasteiger partial charge in [-0.1, -0.05) is 19.9 Å². The first-order valence-electron chi connectivity index (χ1n) is 8.06. The second-order valence-corrected chi connectivity index (χ2v) is 7.04. The number of hydrogen-bond donors (Lipinski definition) is 1. The molecule has 0 amide bonds. The molecule has 0 spiro atoms. The Morgan fingerprint density at radius 2 is 1.92 bits per heavy atom. The molecule has 3 heterocycles. The molecule has 124 valence electrons. The highest BCUT2D eigenvalue weighted by molar-refractivity contribution is 7.17. The maximum Gasteiger partial charge on any atom is 0.161 e. The fourth-order valence-corrected chi connectivity index (χ4v) is 3.72. The minimum Gasteiger partial charge on any atom is -0.486 e. The van der Waals surface area contributed by atoms with E-state index in [2.05, 4.69) is 41.3 Å². The van der Waals surface area contributed by atoms with Crippen LogP contribution in [0.2, 0.25) is 0 Å². The lowest BCUT2D eigenvalue weighted by atomic mass is 9.95. The van der Waals surface area contributed by atoms with E-state index < -0.39 is 0 Å². The molecule has 0 aliphatic carbocycles. The van der Waals surface area contributed by atoms with Gasteiger partial charge in [-0.3, -0.25) is 0 Å². The summed E-state index contributed by atoms with van der Waals surface area (Å²) in [6.07, 6.45) is 1.61. The zero-order valence-electron chi connectivity index (χ0n) is 13.7. The van der Waals surface area contributed by atoms with Crippen LogP contribution in [0.15, 0.2) is 36.0 Å². The minimum absolute atomic E-state index is 0.126. The number of fused-ring (bicyclic) bond motifs is 2. The fourth-order valence-electron chi connectivity index (χ4n) is 2.93. The van der Waals surface area contributed by atoms with Gasteiger partial charge in [-0.05, 0) is 35.1 Å². The van der Waals surface area contributed by atoms with Crippen LogP contribution >= 0.6 is 11.3 Å². The molecule has 0 saturated carbocycles. The molecule has 4 rings (SSSR count). The molecule has 24 heavy (non-hydrogen) atoms. The van der Waals surface area contributed by atoms with Gasteiger partial charge in [0, 0.05) is 0 Å². The van der Waals surface area contributed by atoms with Crippen LogP contribution in [-0.2, 0) is 0 Å². The van der Waals surface area contributed by atoms with Crippen molar-refractivity contribution >= 4 is 27.4 Å². The number of nitrogens with zero attached hydrogens (tertiary/aromatic N) is 2. The lowest BCUT2D eigenvalue weighted by Gasteiger charge is -2.26. The molecule has 1 atom stereocenters. The van der Waals surface area contributed by atoms with Crippen LogP contribution in [0.25, 0.3) is 10.2 Å². The summed E-state index contributed by atoms with van der Waals surface area (Å²) in [5.74, 6) is 2.89. The monoisotopic (exact) mass is 341 g/mol. The van der Waals surface area contributed by atoms with E-state index in [1.54, 1.807) is 17.7 Å². The van der Waals surface area contributed by atoms with Crippen LogP contribution in [-0.4, -0.2) is 23.2 Å². The first kappa shape index (κ1) is 15.2. The van der Waals surface area contributed by atoms with Crippen molar-refractivity contribution in [3.63, 3.8) is 0 Å². The SMILES string of the molecule is CC(C)[C@@H](Nc1ncnc2ccsc12)c1ccc2c(c1)OCCO2. The van der Waals surface area contributed by atoms with Crippen molar-refractivity contribution in [2.45, 2.75) is 19.9 Å². The molecule has 5 nitrogen and oxygen atoms in total. The normalized spacial score (nSPS) is 14.8. The number of thiophene rings is 1. The lowest BCUT2D eigenvalue weighted by molar-refractivity contribution is 0.171. The van der Waals surface area contributed by atoms with E-state index in [9.17, 15) is 0 Å². The van der Waals surface area contributed by atoms with Crippen molar-refractivity contribution in [2.75, 3.05) is 18.5 Å². The summed E-state index contributed by atoms with van der Waals surface area (Å²) in [4.78, 5) is 8.75. The second-order valence-electron chi connectivity index (χ2n) is 6.13. The zero-order chi connectivity index (χ0) is 16.5. The summed E-state index contributed by atoms with van der Waals surface area (Å²) in [6.45, 7) is 5.59. The van der Waals surface area contributed by atoms with Crippen LogP contribution in [0, 0.1) is 5.92 Å². The molecular weight excluding hydrogens is 322 g/mol. The number of nitrogens with one attached hydrogen (secondary N) is 1. The Morgan fingerprint density at radius 1 is 1.08 bits per heavy atom. The lowest BCUT2D eigenvalue weighted by Crippen LogP contribution is -2.19. The van der Waals surface area contributed by atoms with E-state index in [0.717, 1.165) is 33.1 Å². The summed E-state index contributed by atoms with van der Waals surface area (Å²) < 4.78 is 12.4. The number of hydrogen-bond acceptors (Lipinski definition) is 6. The van der Waals surface area contributed by atoms with Gasteiger partial charge in [0.1, 0.15) is 25.4 Å². The van der Waals surface area contributed by atoms with Gasteiger partial charge in [0.25, 0.3) is 0 Å². The van der Waals surface area contributed by atoms with Crippen LogP contribution in [0.3, 0.4) is 0 Å². The second kappa shape index (κ2) is 6.28. The predicted molar refractivity (Wildman–Crippen MR) is 96.0 cm³/mol. The predicted octanol–water partition coefficient (Wildman–Crippen LogP) is 4.27. The Labute approximate surface area is 144 Å². The standard InChI is InChI=1S/C18H19N3O2S/c1-11(2)16(12-3-4-14-15(9-12)23-7-6-22-14)21-18-17-13(5-8-24-17)19-10-20-18/h3-5,8-11,16H,6-7H2,1-2H3,(H,19,20,21)/t16-/m1/s1. The van der Waals surface area contributed by atoms with Crippen molar-refractivity contribution in [1.82, 2.24) is 9.97 Å². The zero-order valence-corrected chi connectivity index (χ0v) is 14.5. The third kappa shape index (κ3) is 2.78. The maximum atomic E-state index is 5.73. The summed E-state index contributed by atoms with van der Waals surface area (Å²) in [5, 5.41) is 5.63. The molecule has 1 aromatic carbocycles. The summed E-state index contributed by atoms with van der Waals surface area (Å²) in [7, 11) is 0. The number of benzene rings is 1. The molecule has 1 aliphatic heterocycles. The third-order valence-electron chi connectivity index (χ3n) is 4.13. The van der Waals surface area contributed by atoms with Crippen LogP contribution in [0.4, 0.5) is 5.82 Å². The molecule has 0 fully saturated rings. The average molecular weight is 341 g/mol. The van der Waals surface area contributed by atoms with Crippen molar-refractivity contribution in [2.24, 2.45) is 5.92 Å². The smallest absolute Gasteiger partial charge is 0.161 e. The average Bonchev–Trinajstić information content (AvgIpc) is 3.08. The van der Waals surface area contributed by atoms with Crippen LogP contribution in [0.5, 0.6) is 11.5 Å². The molecule has 0 radical (unpaired) electrons. The largest absolute Gasteiger partial charge is 0.486 e. The molecule has 0 saturated heterocycles. The topological polar surface area (TPSA) is 56.3 Å². The molecule has 1 aliphatic rings. The Balaban J connectivity index is 1.69. The van der Waals surface area contributed by atoms with Crippen LogP contribution < -0.4 is 14.8 Å². The highest BCUT2D eigenvalue weighted by atomic mass is 32.1. The van der Waals surface area contributed by atoms with Gasteiger partial charge in [-0.15, -0.1) is 11.3 Å². The van der Waals surface area contributed by atoms with Gasteiger partial charge in [0.15, 0.2) is 11.5 Å². The van der Waals surface area contributed by atoms with Crippen molar-refractivity contribution in [1.29, 1.82) is 0 Å². The highest BCUT2D eigenvalue weighted by Gasteiger charge is 2.21. The minimum atomic E-state index is 0.126. The van der Waals surface area contributed by atoms with E-state index >= 15 is 0 Å². The third-order valence-corrected chi connectivity index (χ3v) is 5.04. The molecule has 1 N–H and O–H groups in total. The van der Waals surface area contributed by atoms with Gasteiger partial charge in [0.2, 0.25) is 0 Å². The van der Waals surface area contributed by atoms with E-state index in [-0.39, 0.29) is 6.04 Å². The Bertz CT molecular complexity index is 862. The van der Waals surface area contributed by atoms with E-state index in [1.165, 1.54) is 0 Å². The number of anilines is 1. The molecular formula is C18H19N3O2S. The molecule has 2 aromatic heterocycles. The maximum absolute atomic E-state index is 5.73. The van der Waals surface area contributed by atoms with E-state index in [1.807, 2.05) is 17.5 Å². The number of ether oxygens (including phenoxy) is 2. The van der Waals surface area contributed by atoms with E-state index in [0.29, 0.717) is 19.1 Å². The first-order valence-corrected chi connectivity index (χ1v) is 8.94. The Hall–Kier alpha value is -2.34. The van der Waals surface area contributed by atoms with E-state index in [4.69, 9.17) is 9.47 Å². The van der Waals surface area contributed by atoms with Gasteiger partial charge >= 0.3 is 0 Å². The Morgan fingerprint density at radius 3 is 2.75 bits per heavy atom. The fraction of sp³-hybridized carbons (Fsp3) is 0.333. The summed E-state index contributed by atoms with van der Waals surface area (Å²) in [5.41, 5.74) is 2.14. The quantitative estimate of drug-likeness (QED) is 0.768. The van der Waals surface area contributed by atoms with Crippen molar-refractivity contribution < 1.29 is 9.47 Å². The molecule has 3 aromatic rings. The van der Waals surface area contributed by atoms with Crippen molar-refractivity contribution in [3.8, 4) is 11.5 Å². The molecule has 0 bridgehead atoms. The molecule has 6 heteroatoms. The van der Waals surface area contributed by atoms with Crippen molar-refractivity contribution in [3.05, 3.63) is 41.5 Å². The Kier molecular flexibility index (Phi) is 3.98. The highest BCUT2D eigenvalue weighted by Crippen LogP contribution is 2.36. The van der Waals surface area contributed by atoms with Gasteiger partial charge in [-0.2, -0.15) is 0 Å². The van der Waals surface area contributed by atoms with Gasteiger partial charge < -0.3 is 14.8 Å². The van der Waals surface area contributed by atoms with Gasteiger partial charge in [0.05, 0.1) is 16.3 Å². The number of aromatic nitrogens is 2. The molecule has 0 unspecified atom stereocenters. The summed E-state index contributed by atoms with van der Waals surface area (Å²) in [6, 6.07) is 8.29. The summed E-state index contributed by atoms with van der Waals surface area (Å²) >= 11 is 1.65. The number of rotatable bonds is 4.